The zero-order valence-electron chi connectivity index (χ0n) is 18.0. The van der Waals surface area contributed by atoms with Gasteiger partial charge in [-0.15, -0.1) is 24.8 Å². The number of nitrogens with one attached hydrogen (secondary N) is 2. The molecule has 2 N–H and O–H groups in total. The minimum absolute atomic E-state index is 0. The predicted molar refractivity (Wildman–Crippen MR) is 120 cm³/mol. The van der Waals surface area contributed by atoms with Crippen LogP contribution in [0.5, 0.6) is 0 Å². The van der Waals surface area contributed by atoms with Crippen LogP contribution in [0.3, 0.4) is 0 Å². The molecule has 1 heterocycles. The molecular formula is C20H40Cl2N4O2. The SMILES string of the molecule is CCOCC1(COCC)CCC(c2[nH]ncc2CN(C)CCNC)CC1.Cl.Cl. The summed E-state index contributed by atoms with van der Waals surface area (Å²) in [5.74, 6) is 0.571. The molecule has 1 saturated carbocycles. The van der Waals surface area contributed by atoms with Gasteiger partial charge in [0.2, 0.25) is 0 Å². The number of nitrogens with zero attached hydrogens (tertiary/aromatic N) is 2. The van der Waals surface area contributed by atoms with Crippen molar-refractivity contribution in [2.45, 2.75) is 52.0 Å². The second-order valence-electron chi connectivity index (χ2n) is 7.70. The van der Waals surface area contributed by atoms with E-state index in [0.717, 1.165) is 58.9 Å². The van der Waals surface area contributed by atoms with E-state index in [9.17, 15) is 0 Å². The first-order valence-electron chi connectivity index (χ1n) is 10.1. The lowest BCUT2D eigenvalue weighted by Crippen LogP contribution is -2.36. The van der Waals surface area contributed by atoms with Crippen molar-refractivity contribution in [3.63, 3.8) is 0 Å². The minimum atomic E-state index is 0. The molecule has 1 fully saturated rings. The molecule has 0 amide bonds. The highest BCUT2D eigenvalue weighted by molar-refractivity contribution is 5.85. The number of H-pyrrole nitrogens is 1. The molecule has 0 atom stereocenters. The van der Waals surface area contributed by atoms with E-state index in [1.807, 2.05) is 13.2 Å². The first-order chi connectivity index (χ1) is 12.6. The van der Waals surface area contributed by atoms with Crippen LogP contribution in [0.1, 0.15) is 56.7 Å². The number of aromatic amines is 1. The lowest BCUT2D eigenvalue weighted by molar-refractivity contribution is -0.0397. The Morgan fingerprint density at radius 1 is 1.18 bits per heavy atom. The number of rotatable bonds is 12. The fraction of sp³-hybridized carbons (Fsp3) is 0.850. The molecule has 6 nitrogen and oxygen atoms in total. The van der Waals surface area contributed by atoms with E-state index in [1.165, 1.54) is 24.1 Å². The minimum Gasteiger partial charge on any atom is -0.381 e. The Hall–Kier alpha value is -0.370. The Morgan fingerprint density at radius 3 is 2.32 bits per heavy atom. The third-order valence-electron chi connectivity index (χ3n) is 5.61. The van der Waals surface area contributed by atoms with Crippen molar-refractivity contribution < 1.29 is 9.47 Å². The molecule has 0 unspecified atom stereocenters. The van der Waals surface area contributed by atoms with Crippen LogP contribution in [0.15, 0.2) is 6.20 Å². The van der Waals surface area contributed by atoms with Gasteiger partial charge in [-0.2, -0.15) is 5.10 Å². The summed E-state index contributed by atoms with van der Waals surface area (Å²) in [6.45, 7) is 10.3. The summed E-state index contributed by atoms with van der Waals surface area (Å²) >= 11 is 0. The van der Waals surface area contributed by atoms with Crippen LogP contribution in [0.4, 0.5) is 0 Å². The lowest BCUT2D eigenvalue weighted by Gasteiger charge is -2.39. The van der Waals surface area contributed by atoms with Crippen molar-refractivity contribution in [3.05, 3.63) is 17.5 Å². The molecule has 1 aromatic rings. The van der Waals surface area contributed by atoms with Crippen LogP contribution in [0.25, 0.3) is 0 Å². The van der Waals surface area contributed by atoms with Crippen LogP contribution >= 0.6 is 24.8 Å². The molecule has 166 valence electrons. The normalized spacial score (nSPS) is 16.6. The van der Waals surface area contributed by atoms with E-state index < -0.39 is 0 Å². The van der Waals surface area contributed by atoms with Crippen LogP contribution in [-0.2, 0) is 16.0 Å². The van der Waals surface area contributed by atoms with Gasteiger partial charge in [0, 0.05) is 55.4 Å². The molecule has 0 bridgehead atoms. The van der Waals surface area contributed by atoms with Gasteiger partial charge in [-0.1, -0.05) is 0 Å². The molecular weight excluding hydrogens is 399 g/mol. The number of hydrogen-bond donors (Lipinski definition) is 2. The van der Waals surface area contributed by atoms with Crippen molar-refractivity contribution in [1.82, 2.24) is 20.4 Å². The molecule has 28 heavy (non-hydrogen) atoms. The predicted octanol–water partition coefficient (Wildman–Crippen LogP) is 3.62. The average Bonchev–Trinajstić information content (AvgIpc) is 3.11. The van der Waals surface area contributed by atoms with Gasteiger partial charge in [-0.05, 0) is 53.6 Å². The molecule has 1 aromatic heterocycles. The first kappa shape index (κ1) is 27.6. The second-order valence-corrected chi connectivity index (χ2v) is 7.70. The summed E-state index contributed by atoms with van der Waals surface area (Å²) in [6.07, 6.45) is 6.68. The molecule has 0 saturated heterocycles. The Kier molecular flexibility index (Phi) is 14.4. The van der Waals surface area contributed by atoms with E-state index in [4.69, 9.17) is 9.47 Å². The van der Waals surface area contributed by atoms with E-state index in [2.05, 4.69) is 41.3 Å². The summed E-state index contributed by atoms with van der Waals surface area (Å²) in [5, 5.41) is 10.9. The van der Waals surface area contributed by atoms with Crippen molar-refractivity contribution in [3.8, 4) is 0 Å². The summed E-state index contributed by atoms with van der Waals surface area (Å²) in [7, 11) is 4.17. The average molecular weight is 439 g/mol. The quantitative estimate of drug-likeness (QED) is 0.521. The maximum absolute atomic E-state index is 5.80. The van der Waals surface area contributed by atoms with Crippen molar-refractivity contribution in [2.75, 3.05) is 53.6 Å². The Morgan fingerprint density at radius 2 is 1.79 bits per heavy atom. The van der Waals surface area contributed by atoms with Gasteiger partial charge in [0.1, 0.15) is 0 Å². The number of halogens is 2. The topological polar surface area (TPSA) is 62.4 Å². The molecule has 0 aliphatic heterocycles. The molecule has 0 radical (unpaired) electrons. The Balaban J connectivity index is 0.00000364. The maximum atomic E-state index is 5.80. The van der Waals surface area contributed by atoms with Crippen LogP contribution < -0.4 is 5.32 Å². The van der Waals surface area contributed by atoms with Crippen molar-refractivity contribution in [1.29, 1.82) is 0 Å². The number of hydrogen-bond acceptors (Lipinski definition) is 5. The fourth-order valence-electron chi connectivity index (χ4n) is 3.96. The fourth-order valence-corrected chi connectivity index (χ4v) is 3.96. The molecule has 1 aliphatic carbocycles. The van der Waals surface area contributed by atoms with E-state index in [1.54, 1.807) is 0 Å². The van der Waals surface area contributed by atoms with Gasteiger partial charge < -0.3 is 19.7 Å². The summed E-state index contributed by atoms with van der Waals surface area (Å²) in [5.41, 5.74) is 2.87. The van der Waals surface area contributed by atoms with Gasteiger partial charge >= 0.3 is 0 Å². The standard InChI is InChI=1S/C20H38N4O2.2ClH/c1-5-25-15-20(16-26-6-2)9-7-17(8-10-20)19-18(13-22-23-19)14-24(4)12-11-21-3;;/h13,17,21H,5-12,14-16H2,1-4H3,(H,22,23);2*1H. The highest BCUT2D eigenvalue weighted by Gasteiger charge is 2.37. The summed E-state index contributed by atoms with van der Waals surface area (Å²) < 4.78 is 11.6. The highest BCUT2D eigenvalue weighted by Crippen LogP contribution is 2.44. The van der Waals surface area contributed by atoms with Crippen LogP contribution in [0.2, 0.25) is 0 Å². The van der Waals surface area contributed by atoms with Crippen molar-refractivity contribution >= 4 is 24.8 Å². The lowest BCUT2D eigenvalue weighted by atomic mass is 9.70. The summed E-state index contributed by atoms with van der Waals surface area (Å²) in [4.78, 5) is 2.35. The maximum Gasteiger partial charge on any atom is 0.0544 e. The molecule has 1 aliphatic rings. The Labute approximate surface area is 183 Å². The van der Waals surface area contributed by atoms with Gasteiger partial charge in [-0.3, -0.25) is 5.10 Å². The molecule has 2 rings (SSSR count). The molecule has 0 spiro atoms. The highest BCUT2D eigenvalue weighted by atomic mass is 35.5. The van der Waals surface area contributed by atoms with Gasteiger partial charge in [0.25, 0.3) is 0 Å². The zero-order valence-corrected chi connectivity index (χ0v) is 19.6. The summed E-state index contributed by atoms with van der Waals surface area (Å²) in [6, 6.07) is 0. The van der Waals surface area contributed by atoms with Gasteiger partial charge in [-0.25, -0.2) is 0 Å². The molecule has 8 heteroatoms. The van der Waals surface area contributed by atoms with Crippen LogP contribution in [-0.4, -0.2) is 68.7 Å². The van der Waals surface area contributed by atoms with Gasteiger partial charge in [0.05, 0.1) is 19.4 Å². The Bertz CT molecular complexity index is 498. The second kappa shape index (κ2) is 14.6. The van der Waals surface area contributed by atoms with Crippen LogP contribution in [0, 0.1) is 5.41 Å². The van der Waals surface area contributed by atoms with Crippen molar-refractivity contribution in [2.24, 2.45) is 5.41 Å². The smallest absolute Gasteiger partial charge is 0.0544 e. The van der Waals surface area contributed by atoms with E-state index in [0.29, 0.717) is 5.92 Å². The third-order valence-corrected chi connectivity index (χ3v) is 5.61. The monoisotopic (exact) mass is 438 g/mol. The zero-order chi connectivity index (χ0) is 18.8. The van der Waals surface area contributed by atoms with Gasteiger partial charge in [0.15, 0.2) is 0 Å². The van der Waals surface area contributed by atoms with E-state index in [-0.39, 0.29) is 30.2 Å². The number of aromatic nitrogens is 2. The first-order valence-corrected chi connectivity index (χ1v) is 10.1. The number of ether oxygens (including phenoxy) is 2. The third kappa shape index (κ3) is 8.17. The largest absolute Gasteiger partial charge is 0.381 e. The number of likely N-dealkylation sites (N-methyl/N-ethyl adjacent to an activating group) is 2. The molecule has 0 aromatic carbocycles. The van der Waals surface area contributed by atoms with E-state index >= 15 is 0 Å².